The molecule has 0 aliphatic rings. The smallest absolute Gasteiger partial charge is 0.306 e. The molecule has 0 unspecified atom stereocenters. The minimum atomic E-state index is -0.764. The molecule has 0 aromatic heterocycles. The monoisotopic (exact) mass is 833 g/mol. The van der Waals surface area contributed by atoms with Crippen LogP contribution in [0.25, 0.3) is 0 Å². The van der Waals surface area contributed by atoms with Gasteiger partial charge in [0.15, 0.2) is 6.10 Å². The molecule has 0 aliphatic heterocycles. The Morgan fingerprint density at radius 3 is 0.847 bits per heavy atom. The highest BCUT2D eigenvalue weighted by Crippen LogP contribution is 2.16. The first-order chi connectivity index (χ1) is 29.0. The van der Waals surface area contributed by atoms with Crippen molar-refractivity contribution in [3.05, 3.63) is 12.2 Å². The molecule has 59 heavy (non-hydrogen) atoms. The Hall–Kier alpha value is -1.85. The summed E-state index contributed by atoms with van der Waals surface area (Å²) >= 11 is 0. The SMILES string of the molecule is CCCCCCCC/C=C\CCCCCCCCCC(=O)OC[C@@H](COC(=O)CCCCCCCCCCC)OC(=O)CCCCCCCCCCCCCCCCC. The molecule has 1 atom stereocenters. The van der Waals surface area contributed by atoms with E-state index in [1.54, 1.807) is 0 Å². The van der Waals surface area contributed by atoms with Crippen molar-refractivity contribution in [3.8, 4) is 0 Å². The predicted octanol–water partition coefficient (Wildman–Crippen LogP) is 17.0. The number of carbonyl (C=O) groups excluding carboxylic acids is 3. The molecule has 0 amide bonds. The molecule has 0 heterocycles. The number of unbranched alkanes of at least 4 members (excludes halogenated alkanes) is 35. The number of carbonyl (C=O) groups is 3. The van der Waals surface area contributed by atoms with Crippen LogP contribution in [0.4, 0.5) is 0 Å². The summed E-state index contributed by atoms with van der Waals surface area (Å²) in [5.74, 6) is -0.857. The lowest BCUT2D eigenvalue weighted by molar-refractivity contribution is -0.167. The number of ether oxygens (including phenoxy) is 3. The zero-order chi connectivity index (χ0) is 43.0. The van der Waals surface area contributed by atoms with Gasteiger partial charge in [-0.1, -0.05) is 238 Å². The second-order valence-electron chi connectivity index (χ2n) is 17.8. The molecule has 0 spiro atoms. The van der Waals surface area contributed by atoms with Gasteiger partial charge in [0.05, 0.1) is 0 Å². The molecule has 0 radical (unpaired) electrons. The molecule has 0 rings (SSSR count). The van der Waals surface area contributed by atoms with Gasteiger partial charge in [-0.15, -0.1) is 0 Å². The molecule has 6 nitrogen and oxygen atoms in total. The summed E-state index contributed by atoms with van der Waals surface area (Å²) in [6.45, 7) is 6.65. The lowest BCUT2D eigenvalue weighted by Gasteiger charge is -2.18. The highest BCUT2D eigenvalue weighted by Gasteiger charge is 2.19. The summed E-state index contributed by atoms with van der Waals surface area (Å²) in [4.78, 5) is 37.9. The second-order valence-corrected chi connectivity index (χ2v) is 17.8. The summed E-state index contributed by atoms with van der Waals surface area (Å²) < 4.78 is 16.8. The molecule has 0 aliphatic carbocycles. The lowest BCUT2D eigenvalue weighted by Crippen LogP contribution is -2.30. The maximum absolute atomic E-state index is 12.8. The van der Waals surface area contributed by atoms with Crippen molar-refractivity contribution in [1.82, 2.24) is 0 Å². The van der Waals surface area contributed by atoms with Gasteiger partial charge in [-0.05, 0) is 44.9 Å². The van der Waals surface area contributed by atoms with E-state index in [1.807, 2.05) is 0 Å². The maximum Gasteiger partial charge on any atom is 0.306 e. The van der Waals surface area contributed by atoms with Gasteiger partial charge in [0.2, 0.25) is 0 Å². The molecule has 0 fully saturated rings. The summed E-state index contributed by atoms with van der Waals surface area (Å²) in [6.07, 6.45) is 53.4. The molecule has 0 N–H and O–H groups in total. The Labute approximate surface area is 367 Å². The van der Waals surface area contributed by atoms with Gasteiger partial charge in [-0.2, -0.15) is 0 Å². The Bertz CT molecular complexity index is 916. The van der Waals surface area contributed by atoms with E-state index in [-0.39, 0.29) is 31.1 Å². The first-order valence-electron chi connectivity index (χ1n) is 26.2. The van der Waals surface area contributed by atoms with E-state index < -0.39 is 6.10 Å². The van der Waals surface area contributed by atoms with Crippen LogP contribution >= 0.6 is 0 Å². The fourth-order valence-electron chi connectivity index (χ4n) is 7.79. The molecule has 348 valence electrons. The Morgan fingerprint density at radius 2 is 0.559 bits per heavy atom. The van der Waals surface area contributed by atoms with Crippen molar-refractivity contribution in [2.24, 2.45) is 0 Å². The molecule has 0 bridgehead atoms. The van der Waals surface area contributed by atoms with Gasteiger partial charge < -0.3 is 14.2 Å². The second kappa shape index (κ2) is 48.8. The third-order valence-electron chi connectivity index (χ3n) is 11.8. The minimum absolute atomic E-state index is 0.0664. The van der Waals surface area contributed by atoms with Crippen LogP contribution in [0, 0.1) is 0 Å². The number of esters is 3. The van der Waals surface area contributed by atoms with E-state index in [1.165, 1.54) is 193 Å². The highest BCUT2D eigenvalue weighted by molar-refractivity contribution is 5.71. The average molecular weight is 833 g/mol. The van der Waals surface area contributed by atoms with E-state index in [4.69, 9.17) is 14.2 Å². The molecule has 0 saturated heterocycles. The average Bonchev–Trinajstić information content (AvgIpc) is 3.23. The Kier molecular flexibility index (Phi) is 47.3. The quantitative estimate of drug-likeness (QED) is 0.0263. The van der Waals surface area contributed by atoms with Crippen LogP contribution in [0.5, 0.6) is 0 Å². The van der Waals surface area contributed by atoms with E-state index in [9.17, 15) is 14.4 Å². The first-order valence-corrected chi connectivity index (χ1v) is 26.2. The van der Waals surface area contributed by atoms with E-state index in [0.717, 1.165) is 57.8 Å². The van der Waals surface area contributed by atoms with Crippen molar-refractivity contribution in [1.29, 1.82) is 0 Å². The van der Waals surface area contributed by atoms with Gasteiger partial charge >= 0.3 is 17.9 Å². The zero-order valence-electron chi connectivity index (χ0n) is 39.8. The Balaban J connectivity index is 4.27. The first kappa shape index (κ1) is 57.1. The van der Waals surface area contributed by atoms with Gasteiger partial charge in [0, 0.05) is 19.3 Å². The largest absolute Gasteiger partial charge is 0.462 e. The van der Waals surface area contributed by atoms with Crippen molar-refractivity contribution in [3.63, 3.8) is 0 Å². The fourth-order valence-corrected chi connectivity index (χ4v) is 7.79. The molecule has 0 aromatic rings. The van der Waals surface area contributed by atoms with Crippen molar-refractivity contribution in [2.75, 3.05) is 13.2 Å². The van der Waals surface area contributed by atoms with Crippen molar-refractivity contribution in [2.45, 2.75) is 297 Å². The minimum Gasteiger partial charge on any atom is -0.462 e. The molecule has 6 heteroatoms. The van der Waals surface area contributed by atoms with Crippen LogP contribution in [0.1, 0.15) is 290 Å². The number of hydrogen-bond donors (Lipinski definition) is 0. The Morgan fingerprint density at radius 1 is 0.322 bits per heavy atom. The maximum atomic E-state index is 12.8. The van der Waals surface area contributed by atoms with Crippen molar-refractivity contribution >= 4 is 17.9 Å². The highest BCUT2D eigenvalue weighted by atomic mass is 16.6. The summed E-state index contributed by atoms with van der Waals surface area (Å²) in [5, 5.41) is 0. The molecular formula is C53H100O6. The molecule has 0 aromatic carbocycles. The van der Waals surface area contributed by atoms with Gasteiger partial charge in [0.25, 0.3) is 0 Å². The van der Waals surface area contributed by atoms with Crippen LogP contribution in [0.2, 0.25) is 0 Å². The van der Waals surface area contributed by atoms with E-state index in [0.29, 0.717) is 19.3 Å². The van der Waals surface area contributed by atoms with Gasteiger partial charge in [0.1, 0.15) is 13.2 Å². The summed E-state index contributed by atoms with van der Waals surface area (Å²) in [7, 11) is 0. The third-order valence-corrected chi connectivity index (χ3v) is 11.8. The summed E-state index contributed by atoms with van der Waals surface area (Å²) in [6, 6.07) is 0. The standard InChI is InChI=1S/C53H100O6/c1-4-7-10-13-16-19-21-23-25-26-28-29-31-34-37-40-43-46-52(55)58-49-50(48-57-51(54)45-42-39-36-33-18-15-12-9-6-3)59-53(56)47-44-41-38-35-32-30-27-24-22-20-17-14-11-8-5-2/h23,25,50H,4-22,24,26-49H2,1-3H3/b25-23-/t50-/m1/s1. The predicted molar refractivity (Wildman–Crippen MR) is 252 cm³/mol. The lowest BCUT2D eigenvalue weighted by atomic mass is 10.0. The van der Waals surface area contributed by atoms with Crippen LogP contribution in [0.3, 0.4) is 0 Å². The number of allylic oxidation sites excluding steroid dienone is 2. The van der Waals surface area contributed by atoms with Gasteiger partial charge in [-0.25, -0.2) is 0 Å². The third kappa shape index (κ3) is 47.1. The van der Waals surface area contributed by atoms with E-state index in [2.05, 4.69) is 32.9 Å². The fraction of sp³-hybridized carbons (Fsp3) is 0.906. The normalized spacial score (nSPS) is 12.0. The summed E-state index contributed by atoms with van der Waals surface area (Å²) in [5.41, 5.74) is 0. The number of hydrogen-bond acceptors (Lipinski definition) is 6. The van der Waals surface area contributed by atoms with Gasteiger partial charge in [-0.3, -0.25) is 14.4 Å². The van der Waals surface area contributed by atoms with Crippen LogP contribution < -0.4 is 0 Å². The van der Waals surface area contributed by atoms with E-state index >= 15 is 0 Å². The topological polar surface area (TPSA) is 78.9 Å². The molecule has 0 saturated carbocycles. The van der Waals surface area contributed by atoms with Crippen LogP contribution in [-0.4, -0.2) is 37.2 Å². The number of rotatable bonds is 48. The van der Waals surface area contributed by atoms with Crippen molar-refractivity contribution < 1.29 is 28.6 Å². The molecular weight excluding hydrogens is 733 g/mol. The van der Waals surface area contributed by atoms with Crippen LogP contribution in [-0.2, 0) is 28.6 Å². The zero-order valence-corrected chi connectivity index (χ0v) is 39.8. The van der Waals surface area contributed by atoms with Crippen LogP contribution in [0.15, 0.2) is 12.2 Å².